The number of anilines is 1. The number of carbonyl (C=O) groups excluding carboxylic acids is 1. The van der Waals surface area contributed by atoms with Gasteiger partial charge in [-0.25, -0.2) is 17.2 Å². The predicted octanol–water partition coefficient (Wildman–Crippen LogP) is 2.24. The van der Waals surface area contributed by atoms with Crippen LogP contribution >= 0.6 is 0 Å². The van der Waals surface area contributed by atoms with E-state index in [1.807, 2.05) is 0 Å². The first-order valence-electron chi connectivity index (χ1n) is 7.82. The van der Waals surface area contributed by atoms with Crippen molar-refractivity contribution in [3.8, 4) is 0 Å². The SMILES string of the molecule is O=C(c1cccc(S(=O)(=O)Nc2ccc(F)cc2F)c1)N1CCOCC1. The molecule has 3 rings (SSSR count). The lowest BCUT2D eigenvalue weighted by Gasteiger charge is -2.27. The molecule has 1 saturated heterocycles. The lowest BCUT2D eigenvalue weighted by atomic mass is 10.2. The molecule has 0 radical (unpaired) electrons. The van der Waals surface area contributed by atoms with Gasteiger partial charge in [0.2, 0.25) is 0 Å². The largest absolute Gasteiger partial charge is 0.378 e. The van der Waals surface area contributed by atoms with Gasteiger partial charge in [-0.3, -0.25) is 9.52 Å². The fourth-order valence-electron chi connectivity index (χ4n) is 2.52. The Morgan fingerprint density at radius 3 is 2.50 bits per heavy atom. The number of hydrogen-bond acceptors (Lipinski definition) is 4. The number of rotatable bonds is 4. The number of amides is 1. The second-order valence-electron chi connectivity index (χ2n) is 5.66. The molecule has 2 aromatic carbocycles. The maximum atomic E-state index is 13.7. The molecule has 2 aromatic rings. The third kappa shape index (κ3) is 4.00. The molecule has 0 unspecified atom stereocenters. The second-order valence-corrected chi connectivity index (χ2v) is 7.34. The highest BCUT2D eigenvalue weighted by molar-refractivity contribution is 7.92. The van der Waals surface area contributed by atoms with E-state index in [0.29, 0.717) is 32.4 Å². The number of benzene rings is 2. The predicted molar refractivity (Wildman–Crippen MR) is 90.3 cm³/mol. The summed E-state index contributed by atoms with van der Waals surface area (Å²) >= 11 is 0. The van der Waals surface area contributed by atoms with Crippen molar-refractivity contribution in [1.29, 1.82) is 0 Å². The van der Waals surface area contributed by atoms with Crippen LogP contribution in [0.25, 0.3) is 0 Å². The van der Waals surface area contributed by atoms with E-state index in [0.717, 1.165) is 12.1 Å². The van der Waals surface area contributed by atoms with E-state index in [1.54, 1.807) is 4.90 Å². The van der Waals surface area contributed by atoms with Crippen molar-refractivity contribution in [1.82, 2.24) is 4.90 Å². The second kappa shape index (κ2) is 7.38. The zero-order valence-corrected chi connectivity index (χ0v) is 14.4. The molecule has 9 heteroatoms. The van der Waals surface area contributed by atoms with Crippen LogP contribution < -0.4 is 4.72 Å². The first-order valence-corrected chi connectivity index (χ1v) is 9.30. The first-order chi connectivity index (χ1) is 12.4. The normalized spacial score (nSPS) is 14.9. The lowest BCUT2D eigenvalue weighted by Crippen LogP contribution is -2.40. The van der Waals surface area contributed by atoms with Gasteiger partial charge in [0.1, 0.15) is 11.6 Å². The maximum Gasteiger partial charge on any atom is 0.262 e. The Kier molecular flexibility index (Phi) is 5.19. The summed E-state index contributed by atoms with van der Waals surface area (Å²) in [6.07, 6.45) is 0. The Hall–Kier alpha value is -2.52. The van der Waals surface area contributed by atoms with Crippen molar-refractivity contribution >= 4 is 21.6 Å². The van der Waals surface area contributed by atoms with Gasteiger partial charge in [0.25, 0.3) is 15.9 Å². The standard InChI is InChI=1S/C17H16F2N2O4S/c18-13-4-5-16(15(19)11-13)20-26(23,24)14-3-1-2-12(10-14)17(22)21-6-8-25-9-7-21/h1-5,10-11,20H,6-9H2. The van der Waals surface area contributed by atoms with Crippen LogP contribution in [0.3, 0.4) is 0 Å². The average Bonchev–Trinajstić information content (AvgIpc) is 2.64. The minimum Gasteiger partial charge on any atom is -0.378 e. The average molecular weight is 382 g/mol. The van der Waals surface area contributed by atoms with Gasteiger partial charge in [-0.1, -0.05) is 6.07 Å². The molecule has 0 atom stereocenters. The van der Waals surface area contributed by atoms with Crippen molar-refractivity contribution in [3.63, 3.8) is 0 Å². The maximum absolute atomic E-state index is 13.7. The minimum atomic E-state index is -4.14. The van der Waals surface area contributed by atoms with E-state index in [-0.39, 0.29) is 22.1 Å². The molecule has 1 N–H and O–H groups in total. The third-order valence-corrected chi connectivity index (χ3v) is 5.23. The van der Waals surface area contributed by atoms with Crippen LogP contribution in [0.4, 0.5) is 14.5 Å². The Morgan fingerprint density at radius 1 is 1.08 bits per heavy atom. The van der Waals surface area contributed by atoms with E-state index in [2.05, 4.69) is 4.72 Å². The van der Waals surface area contributed by atoms with Gasteiger partial charge in [-0.05, 0) is 30.3 Å². The number of sulfonamides is 1. The molecular formula is C17H16F2N2O4S. The van der Waals surface area contributed by atoms with Crippen LogP contribution in [0, 0.1) is 11.6 Å². The Balaban J connectivity index is 1.85. The number of carbonyl (C=O) groups is 1. The van der Waals surface area contributed by atoms with Crippen LogP contribution in [0.2, 0.25) is 0 Å². The van der Waals surface area contributed by atoms with E-state index >= 15 is 0 Å². The van der Waals surface area contributed by atoms with E-state index in [1.165, 1.54) is 24.3 Å². The van der Waals surface area contributed by atoms with Crippen molar-refractivity contribution in [2.45, 2.75) is 4.90 Å². The molecule has 0 aliphatic carbocycles. The summed E-state index contributed by atoms with van der Waals surface area (Å²) in [5, 5.41) is 0. The van der Waals surface area contributed by atoms with E-state index in [9.17, 15) is 22.0 Å². The third-order valence-electron chi connectivity index (χ3n) is 3.87. The van der Waals surface area contributed by atoms with Crippen LogP contribution in [-0.4, -0.2) is 45.5 Å². The number of hydrogen-bond donors (Lipinski definition) is 1. The van der Waals surface area contributed by atoms with Gasteiger partial charge in [-0.2, -0.15) is 0 Å². The molecule has 1 heterocycles. The zero-order chi connectivity index (χ0) is 18.7. The van der Waals surface area contributed by atoms with Gasteiger partial charge in [0.05, 0.1) is 23.8 Å². The molecule has 1 amide bonds. The van der Waals surface area contributed by atoms with Crippen molar-refractivity contribution in [2.24, 2.45) is 0 Å². The first kappa shape index (κ1) is 18.3. The highest BCUT2D eigenvalue weighted by Gasteiger charge is 2.22. The monoisotopic (exact) mass is 382 g/mol. The molecule has 0 aromatic heterocycles. The van der Waals surface area contributed by atoms with Crippen LogP contribution in [0.15, 0.2) is 47.4 Å². The fraction of sp³-hybridized carbons (Fsp3) is 0.235. The quantitative estimate of drug-likeness (QED) is 0.880. The van der Waals surface area contributed by atoms with Crippen LogP contribution in [0.1, 0.15) is 10.4 Å². The van der Waals surface area contributed by atoms with E-state index < -0.39 is 21.7 Å². The Bertz CT molecular complexity index is 928. The van der Waals surface area contributed by atoms with Gasteiger partial charge in [-0.15, -0.1) is 0 Å². The summed E-state index contributed by atoms with van der Waals surface area (Å²) in [6, 6.07) is 7.97. The summed E-state index contributed by atoms with van der Waals surface area (Å²) in [5.74, 6) is -2.16. The molecule has 0 spiro atoms. The number of ether oxygens (including phenoxy) is 1. The van der Waals surface area contributed by atoms with Crippen molar-refractivity contribution < 1.29 is 26.7 Å². The van der Waals surface area contributed by atoms with E-state index in [4.69, 9.17) is 4.74 Å². The molecule has 1 aliphatic heterocycles. The summed E-state index contributed by atoms with van der Waals surface area (Å²) in [5.41, 5.74) is -0.175. The molecule has 6 nitrogen and oxygen atoms in total. The van der Waals surface area contributed by atoms with Crippen LogP contribution in [-0.2, 0) is 14.8 Å². The number of morpholine rings is 1. The van der Waals surface area contributed by atoms with Gasteiger partial charge < -0.3 is 9.64 Å². The topological polar surface area (TPSA) is 75.7 Å². The highest BCUT2D eigenvalue weighted by Crippen LogP contribution is 2.21. The summed E-state index contributed by atoms with van der Waals surface area (Å²) < 4.78 is 58.9. The molecule has 0 saturated carbocycles. The molecular weight excluding hydrogens is 366 g/mol. The van der Waals surface area contributed by atoms with Crippen molar-refractivity contribution in [3.05, 3.63) is 59.7 Å². The van der Waals surface area contributed by atoms with Gasteiger partial charge in [0.15, 0.2) is 0 Å². The Morgan fingerprint density at radius 2 is 1.81 bits per heavy atom. The minimum absolute atomic E-state index is 0.194. The molecule has 1 fully saturated rings. The molecule has 1 aliphatic rings. The summed E-state index contributed by atoms with van der Waals surface area (Å²) in [4.78, 5) is 13.9. The van der Waals surface area contributed by atoms with Crippen molar-refractivity contribution in [2.75, 3.05) is 31.0 Å². The van der Waals surface area contributed by atoms with Gasteiger partial charge >= 0.3 is 0 Å². The summed E-state index contributed by atoms with van der Waals surface area (Å²) in [6.45, 7) is 1.70. The highest BCUT2D eigenvalue weighted by atomic mass is 32.2. The van der Waals surface area contributed by atoms with Gasteiger partial charge in [0, 0.05) is 24.7 Å². The summed E-state index contributed by atoms with van der Waals surface area (Å²) in [7, 11) is -4.14. The number of nitrogens with zero attached hydrogens (tertiary/aromatic N) is 1. The smallest absolute Gasteiger partial charge is 0.262 e. The van der Waals surface area contributed by atoms with Crippen LogP contribution in [0.5, 0.6) is 0 Å². The zero-order valence-electron chi connectivity index (χ0n) is 13.6. The molecule has 26 heavy (non-hydrogen) atoms. The lowest BCUT2D eigenvalue weighted by molar-refractivity contribution is 0.0302. The fourth-order valence-corrected chi connectivity index (χ4v) is 3.63. The number of halogens is 2. The Labute approximate surface area is 149 Å². The number of nitrogens with one attached hydrogen (secondary N) is 1. The molecule has 138 valence electrons. The molecule has 0 bridgehead atoms.